The second kappa shape index (κ2) is 7.50. The van der Waals surface area contributed by atoms with Crippen LogP contribution in [0.1, 0.15) is 23.7 Å². The second-order valence-electron chi connectivity index (χ2n) is 4.70. The minimum absolute atomic E-state index is 0.348. The molecular weight excluding hydrogens is 308 g/mol. The Kier molecular flexibility index (Phi) is 6.31. The van der Waals surface area contributed by atoms with Crippen molar-refractivity contribution in [3.8, 4) is 0 Å². The number of halogens is 1. The first kappa shape index (κ1) is 16.0. The predicted molar refractivity (Wildman–Crippen MR) is 82.2 cm³/mol. The molecule has 0 unspecified atom stereocenters. The highest BCUT2D eigenvalue weighted by Crippen LogP contribution is 2.25. The summed E-state index contributed by atoms with van der Waals surface area (Å²) in [4.78, 5) is 15.6. The molecule has 19 heavy (non-hydrogen) atoms. The molecule has 0 aromatic heterocycles. The maximum atomic E-state index is 11.3. The molecule has 0 aliphatic carbocycles. The van der Waals surface area contributed by atoms with Crippen LogP contribution in [-0.2, 0) is 0 Å². The van der Waals surface area contributed by atoms with Gasteiger partial charge >= 0.3 is 5.97 Å². The standard InChI is InChI=1S/C14H21BrN2O2/c1-4-17(9-5-8-16(2)3)13-7-6-11(15)10-12(13)14(18)19/h6-7,10H,4-5,8-9H2,1-3H3,(H,18,19). The topological polar surface area (TPSA) is 43.8 Å². The van der Waals surface area contributed by atoms with Crippen LogP contribution in [0.3, 0.4) is 0 Å². The molecule has 0 bridgehead atoms. The quantitative estimate of drug-likeness (QED) is 0.835. The van der Waals surface area contributed by atoms with E-state index in [2.05, 4.69) is 25.7 Å². The largest absolute Gasteiger partial charge is 0.478 e. The van der Waals surface area contributed by atoms with Gasteiger partial charge in [0.2, 0.25) is 0 Å². The number of carbonyl (C=O) groups is 1. The second-order valence-corrected chi connectivity index (χ2v) is 5.62. The van der Waals surface area contributed by atoms with Crippen molar-refractivity contribution < 1.29 is 9.90 Å². The number of hydrogen-bond acceptors (Lipinski definition) is 3. The lowest BCUT2D eigenvalue weighted by Gasteiger charge is -2.25. The van der Waals surface area contributed by atoms with Crippen LogP contribution in [0.25, 0.3) is 0 Å². The van der Waals surface area contributed by atoms with Gasteiger partial charge in [-0.3, -0.25) is 0 Å². The summed E-state index contributed by atoms with van der Waals surface area (Å²) >= 11 is 3.32. The van der Waals surface area contributed by atoms with Crippen LogP contribution in [0.15, 0.2) is 22.7 Å². The molecule has 1 rings (SSSR count). The number of hydrogen-bond donors (Lipinski definition) is 1. The smallest absolute Gasteiger partial charge is 0.337 e. The highest BCUT2D eigenvalue weighted by atomic mass is 79.9. The van der Waals surface area contributed by atoms with Gasteiger partial charge in [0, 0.05) is 17.6 Å². The molecule has 0 saturated carbocycles. The first-order valence-corrected chi connectivity index (χ1v) is 7.17. The van der Waals surface area contributed by atoms with Crippen LogP contribution >= 0.6 is 15.9 Å². The van der Waals surface area contributed by atoms with Crippen molar-refractivity contribution in [2.24, 2.45) is 0 Å². The van der Waals surface area contributed by atoms with Crippen molar-refractivity contribution in [1.82, 2.24) is 4.90 Å². The molecule has 1 N–H and O–H groups in total. The Morgan fingerprint density at radius 1 is 1.32 bits per heavy atom. The van der Waals surface area contributed by atoms with E-state index in [1.165, 1.54) is 0 Å². The van der Waals surface area contributed by atoms with Crippen LogP contribution in [0, 0.1) is 0 Å². The van der Waals surface area contributed by atoms with Gasteiger partial charge < -0.3 is 14.9 Å². The van der Waals surface area contributed by atoms with E-state index in [0.29, 0.717) is 5.56 Å². The van der Waals surface area contributed by atoms with E-state index in [-0.39, 0.29) is 0 Å². The molecule has 1 aromatic rings. The monoisotopic (exact) mass is 328 g/mol. The van der Waals surface area contributed by atoms with Gasteiger partial charge in [0.25, 0.3) is 0 Å². The third kappa shape index (κ3) is 4.84. The Bertz CT molecular complexity index is 435. The minimum Gasteiger partial charge on any atom is -0.478 e. The third-order valence-electron chi connectivity index (χ3n) is 2.94. The molecule has 5 heteroatoms. The first-order valence-electron chi connectivity index (χ1n) is 6.38. The average Bonchev–Trinajstić information content (AvgIpc) is 2.34. The van der Waals surface area contributed by atoms with Crippen LogP contribution < -0.4 is 4.90 Å². The van der Waals surface area contributed by atoms with Crippen molar-refractivity contribution >= 4 is 27.6 Å². The zero-order valence-electron chi connectivity index (χ0n) is 11.7. The van der Waals surface area contributed by atoms with Gasteiger partial charge in [-0.15, -0.1) is 0 Å². The van der Waals surface area contributed by atoms with Crippen molar-refractivity contribution in [3.63, 3.8) is 0 Å². The number of carboxylic acid groups (broad SMARTS) is 1. The molecule has 0 atom stereocenters. The Morgan fingerprint density at radius 2 is 2.00 bits per heavy atom. The van der Waals surface area contributed by atoms with Crippen LogP contribution in [-0.4, -0.2) is 49.7 Å². The maximum absolute atomic E-state index is 11.3. The van der Waals surface area contributed by atoms with Crippen molar-refractivity contribution in [2.75, 3.05) is 38.6 Å². The molecule has 0 heterocycles. The molecule has 0 radical (unpaired) electrons. The normalized spacial score (nSPS) is 10.8. The lowest BCUT2D eigenvalue weighted by Crippen LogP contribution is -2.28. The minimum atomic E-state index is -0.887. The van der Waals surface area contributed by atoms with Gasteiger partial charge in [0.1, 0.15) is 0 Å². The Labute approximate surface area is 123 Å². The Hall–Kier alpha value is -1.07. The van der Waals surface area contributed by atoms with Crippen molar-refractivity contribution in [1.29, 1.82) is 0 Å². The van der Waals surface area contributed by atoms with E-state index in [4.69, 9.17) is 0 Å². The summed E-state index contributed by atoms with van der Waals surface area (Å²) in [5.74, 6) is -0.887. The zero-order valence-corrected chi connectivity index (χ0v) is 13.3. The number of nitrogens with zero attached hydrogens (tertiary/aromatic N) is 2. The fraction of sp³-hybridized carbons (Fsp3) is 0.500. The highest BCUT2D eigenvalue weighted by molar-refractivity contribution is 9.10. The molecule has 0 amide bonds. The van der Waals surface area contributed by atoms with E-state index >= 15 is 0 Å². The molecule has 0 aliphatic rings. The summed E-state index contributed by atoms with van der Waals surface area (Å²) < 4.78 is 0.790. The van der Waals surface area contributed by atoms with Gasteiger partial charge in [-0.2, -0.15) is 0 Å². The number of aromatic carboxylic acids is 1. The number of benzene rings is 1. The summed E-state index contributed by atoms with van der Waals surface area (Å²) in [6.45, 7) is 4.70. The van der Waals surface area contributed by atoms with E-state index in [0.717, 1.165) is 36.2 Å². The summed E-state index contributed by atoms with van der Waals surface area (Å²) in [5, 5.41) is 9.29. The molecule has 0 spiro atoms. The van der Waals surface area contributed by atoms with E-state index in [9.17, 15) is 9.90 Å². The fourth-order valence-corrected chi connectivity index (χ4v) is 2.34. The van der Waals surface area contributed by atoms with Crippen molar-refractivity contribution in [3.05, 3.63) is 28.2 Å². The van der Waals surface area contributed by atoms with Gasteiger partial charge in [-0.05, 0) is 52.2 Å². The molecule has 0 fully saturated rings. The van der Waals surface area contributed by atoms with Gasteiger partial charge in [0.15, 0.2) is 0 Å². The summed E-state index contributed by atoms with van der Waals surface area (Å²) in [7, 11) is 4.08. The van der Waals surface area contributed by atoms with E-state index < -0.39 is 5.97 Å². The highest BCUT2D eigenvalue weighted by Gasteiger charge is 2.15. The summed E-state index contributed by atoms with van der Waals surface area (Å²) in [6, 6.07) is 5.41. The number of rotatable bonds is 7. The Balaban J connectivity index is 2.88. The molecular formula is C14H21BrN2O2. The first-order chi connectivity index (χ1) is 8.95. The van der Waals surface area contributed by atoms with Gasteiger partial charge in [-0.25, -0.2) is 4.79 Å². The molecule has 0 aliphatic heterocycles. The zero-order chi connectivity index (χ0) is 14.4. The lowest BCUT2D eigenvalue weighted by molar-refractivity contribution is 0.0697. The van der Waals surface area contributed by atoms with E-state index in [1.54, 1.807) is 6.07 Å². The van der Waals surface area contributed by atoms with Crippen LogP contribution in [0.2, 0.25) is 0 Å². The molecule has 1 aromatic carbocycles. The van der Waals surface area contributed by atoms with Gasteiger partial charge in [-0.1, -0.05) is 15.9 Å². The van der Waals surface area contributed by atoms with Crippen LogP contribution in [0.4, 0.5) is 5.69 Å². The molecule has 0 saturated heterocycles. The Morgan fingerprint density at radius 3 is 2.53 bits per heavy atom. The summed E-state index contributed by atoms with van der Waals surface area (Å²) in [6.07, 6.45) is 1.01. The third-order valence-corrected chi connectivity index (χ3v) is 3.44. The molecule has 106 valence electrons. The van der Waals surface area contributed by atoms with Crippen molar-refractivity contribution in [2.45, 2.75) is 13.3 Å². The predicted octanol–water partition coefficient (Wildman–Crippen LogP) is 2.93. The fourth-order valence-electron chi connectivity index (χ4n) is 1.98. The van der Waals surface area contributed by atoms with Crippen LogP contribution in [0.5, 0.6) is 0 Å². The number of carboxylic acids is 1. The molecule has 4 nitrogen and oxygen atoms in total. The average molecular weight is 329 g/mol. The number of anilines is 1. The lowest BCUT2D eigenvalue weighted by atomic mass is 10.1. The SMILES string of the molecule is CCN(CCCN(C)C)c1ccc(Br)cc1C(=O)O. The maximum Gasteiger partial charge on any atom is 0.337 e. The summed E-state index contributed by atoms with van der Waals surface area (Å²) in [5.41, 5.74) is 1.14. The van der Waals surface area contributed by atoms with E-state index in [1.807, 2.05) is 33.2 Å². The van der Waals surface area contributed by atoms with Gasteiger partial charge in [0.05, 0.1) is 11.3 Å².